The summed E-state index contributed by atoms with van der Waals surface area (Å²) in [6, 6.07) is 0. The lowest BCUT2D eigenvalue weighted by Gasteiger charge is -2.38. The Labute approximate surface area is 252 Å². The molecule has 0 spiro atoms. The summed E-state index contributed by atoms with van der Waals surface area (Å²) in [7, 11) is 0. The van der Waals surface area contributed by atoms with E-state index >= 15 is 0 Å². The van der Waals surface area contributed by atoms with Gasteiger partial charge >= 0.3 is 5.97 Å². The van der Waals surface area contributed by atoms with E-state index in [1.165, 1.54) is 51.4 Å². The molecule has 41 heavy (non-hydrogen) atoms. The van der Waals surface area contributed by atoms with Crippen LogP contribution in [0.15, 0.2) is 0 Å². The number of ether oxygens (including phenoxy) is 2. The molecular formula is C37H62O4. The van der Waals surface area contributed by atoms with Crippen LogP contribution in [0.4, 0.5) is 0 Å². The second-order valence-electron chi connectivity index (χ2n) is 15.1. The number of carbonyl (C=O) groups excluding carboxylic acids is 2. The molecule has 1 aliphatic heterocycles. The van der Waals surface area contributed by atoms with Gasteiger partial charge in [0.15, 0.2) is 0 Å². The maximum Gasteiger partial charge on any atom is 0.311 e. The lowest BCUT2D eigenvalue weighted by Crippen LogP contribution is -2.37. The molecule has 0 fully saturated rings. The van der Waals surface area contributed by atoms with Crippen molar-refractivity contribution in [3.8, 4) is 11.5 Å². The molecule has 0 saturated heterocycles. The van der Waals surface area contributed by atoms with Crippen molar-refractivity contribution >= 4 is 11.8 Å². The van der Waals surface area contributed by atoms with Crippen molar-refractivity contribution in [3.63, 3.8) is 0 Å². The maximum absolute atomic E-state index is 12.7. The topological polar surface area (TPSA) is 52.6 Å². The van der Waals surface area contributed by atoms with Crippen LogP contribution in [0, 0.1) is 43.9 Å². The number of hydrogen-bond acceptors (Lipinski definition) is 4. The standard InChI is InChI=1S/C37H62O4/c1-25(2)15-12-16-26(3)17-13-18-27(4)19-14-23-37(11)24-22-31-30(7)34(28(5)29(6)35(31)41-37)40-33(39)21-20-32(38)36(8,9)10/h25-27H,12-24H2,1-11H3/t26-,27-,37-/m1/s1. The Kier molecular flexibility index (Phi) is 13.4. The van der Waals surface area contributed by atoms with Crippen LogP contribution in [0.3, 0.4) is 0 Å². The lowest BCUT2D eigenvalue weighted by atomic mass is 9.83. The number of hydrogen-bond donors (Lipinski definition) is 0. The Bertz CT molecular complexity index is 1020. The predicted molar refractivity (Wildman–Crippen MR) is 172 cm³/mol. The first-order chi connectivity index (χ1) is 19.0. The van der Waals surface area contributed by atoms with Gasteiger partial charge in [-0.25, -0.2) is 0 Å². The molecule has 1 aliphatic rings. The molecule has 0 bridgehead atoms. The van der Waals surface area contributed by atoms with E-state index in [4.69, 9.17) is 9.47 Å². The van der Waals surface area contributed by atoms with Gasteiger partial charge in [-0.15, -0.1) is 0 Å². The molecule has 1 aromatic carbocycles. The van der Waals surface area contributed by atoms with Crippen molar-refractivity contribution in [1.29, 1.82) is 0 Å². The first-order valence-electron chi connectivity index (χ1n) is 16.6. The van der Waals surface area contributed by atoms with Crippen molar-refractivity contribution in [2.45, 2.75) is 165 Å². The minimum atomic E-state index is -0.443. The molecule has 0 radical (unpaired) electrons. The molecule has 0 aliphatic carbocycles. The highest BCUT2D eigenvalue weighted by atomic mass is 16.5. The molecule has 0 amide bonds. The first-order valence-corrected chi connectivity index (χ1v) is 16.6. The highest BCUT2D eigenvalue weighted by molar-refractivity contribution is 5.87. The van der Waals surface area contributed by atoms with Gasteiger partial charge < -0.3 is 9.47 Å². The predicted octanol–water partition coefficient (Wildman–Crippen LogP) is 10.4. The van der Waals surface area contributed by atoms with Gasteiger partial charge in [0.1, 0.15) is 22.9 Å². The van der Waals surface area contributed by atoms with E-state index < -0.39 is 5.41 Å². The van der Waals surface area contributed by atoms with Crippen molar-refractivity contribution < 1.29 is 19.1 Å². The van der Waals surface area contributed by atoms with E-state index in [1.807, 2.05) is 34.6 Å². The number of Topliss-reactive ketones (excluding diaryl/α,β-unsaturated/α-hetero) is 1. The van der Waals surface area contributed by atoms with Gasteiger partial charge in [0.05, 0.1) is 6.42 Å². The third kappa shape index (κ3) is 11.1. The summed E-state index contributed by atoms with van der Waals surface area (Å²) in [5.74, 6) is 3.80. The average Bonchev–Trinajstić information content (AvgIpc) is 2.87. The van der Waals surface area contributed by atoms with E-state index in [1.54, 1.807) is 0 Å². The molecule has 1 aromatic rings. The summed E-state index contributed by atoms with van der Waals surface area (Å²) < 4.78 is 12.6. The minimum absolute atomic E-state index is 0.0775. The summed E-state index contributed by atoms with van der Waals surface area (Å²) in [6.07, 6.45) is 13.9. The van der Waals surface area contributed by atoms with Crippen LogP contribution in [0.25, 0.3) is 0 Å². The third-order valence-corrected chi connectivity index (χ3v) is 9.45. The van der Waals surface area contributed by atoms with E-state index in [2.05, 4.69) is 41.5 Å². The van der Waals surface area contributed by atoms with Gasteiger partial charge in [-0.05, 0) is 87.8 Å². The van der Waals surface area contributed by atoms with Crippen molar-refractivity contribution in [2.24, 2.45) is 23.2 Å². The molecule has 0 aromatic heterocycles. The smallest absolute Gasteiger partial charge is 0.311 e. The number of benzene rings is 1. The summed E-state index contributed by atoms with van der Waals surface area (Å²) in [4.78, 5) is 24.9. The van der Waals surface area contributed by atoms with Crippen molar-refractivity contribution in [1.82, 2.24) is 0 Å². The monoisotopic (exact) mass is 570 g/mol. The van der Waals surface area contributed by atoms with Gasteiger partial charge in [0, 0.05) is 17.4 Å². The second kappa shape index (κ2) is 15.6. The lowest BCUT2D eigenvalue weighted by molar-refractivity contribution is -0.137. The SMILES string of the molecule is Cc1c(C)c2c(c(C)c1OC(=O)CCC(=O)C(C)(C)C)CC[C@@](C)(CCC[C@H](C)CCC[C@H](C)CCCC(C)C)O2. The third-order valence-electron chi connectivity index (χ3n) is 9.45. The van der Waals surface area contributed by atoms with E-state index in [0.717, 1.165) is 65.0 Å². The van der Waals surface area contributed by atoms with E-state index in [9.17, 15) is 9.59 Å². The Hall–Kier alpha value is -1.84. The molecule has 1 heterocycles. The van der Waals surface area contributed by atoms with Gasteiger partial charge in [-0.3, -0.25) is 9.59 Å². The van der Waals surface area contributed by atoms with Gasteiger partial charge in [0.2, 0.25) is 0 Å². The zero-order valence-corrected chi connectivity index (χ0v) is 28.6. The Morgan fingerprint density at radius 1 is 0.829 bits per heavy atom. The largest absolute Gasteiger partial charge is 0.487 e. The highest BCUT2D eigenvalue weighted by Gasteiger charge is 2.35. The van der Waals surface area contributed by atoms with Gasteiger partial charge in [-0.1, -0.05) is 93.4 Å². The number of fused-ring (bicyclic) bond motifs is 1. The quantitative estimate of drug-likeness (QED) is 0.146. The summed E-state index contributed by atoms with van der Waals surface area (Å²) in [5.41, 5.74) is 3.56. The summed E-state index contributed by atoms with van der Waals surface area (Å²) in [6.45, 7) is 23.5. The van der Waals surface area contributed by atoms with Crippen LogP contribution in [-0.4, -0.2) is 17.4 Å². The van der Waals surface area contributed by atoms with Crippen LogP contribution < -0.4 is 9.47 Å². The zero-order chi connectivity index (χ0) is 31.0. The number of carbonyl (C=O) groups is 2. The second-order valence-corrected chi connectivity index (χ2v) is 15.1. The minimum Gasteiger partial charge on any atom is -0.487 e. The van der Waals surface area contributed by atoms with Crippen LogP contribution >= 0.6 is 0 Å². The van der Waals surface area contributed by atoms with Crippen molar-refractivity contribution in [3.05, 3.63) is 22.3 Å². The number of rotatable bonds is 16. The molecular weight excluding hydrogens is 508 g/mol. The van der Waals surface area contributed by atoms with E-state index in [0.29, 0.717) is 5.75 Å². The van der Waals surface area contributed by atoms with Crippen LogP contribution in [-0.2, 0) is 16.0 Å². The average molecular weight is 571 g/mol. The Balaban J connectivity index is 1.89. The summed E-state index contributed by atoms with van der Waals surface area (Å²) in [5, 5.41) is 0. The van der Waals surface area contributed by atoms with Crippen molar-refractivity contribution in [2.75, 3.05) is 0 Å². The van der Waals surface area contributed by atoms with Crippen LogP contribution in [0.5, 0.6) is 11.5 Å². The Morgan fingerprint density at radius 2 is 1.39 bits per heavy atom. The fourth-order valence-electron chi connectivity index (χ4n) is 6.17. The first kappa shape index (κ1) is 35.4. The number of ketones is 1. The fourth-order valence-corrected chi connectivity index (χ4v) is 6.17. The van der Waals surface area contributed by atoms with Crippen LogP contribution in [0.1, 0.15) is 155 Å². The van der Waals surface area contributed by atoms with Gasteiger partial charge in [0.25, 0.3) is 0 Å². The van der Waals surface area contributed by atoms with E-state index in [-0.39, 0.29) is 30.2 Å². The fraction of sp³-hybridized carbons (Fsp3) is 0.784. The molecule has 2 rings (SSSR count). The van der Waals surface area contributed by atoms with Crippen LogP contribution in [0.2, 0.25) is 0 Å². The maximum atomic E-state index is 12.7. The normalized spacial score (nSPS) is 18.5. The molecule has 3 atom stereocenters. The summed E-state index contributed by atoms with van der Waals surface area (Å²) >= 11 is 0. The van der Waals surface area contributed by atoms with Gasteiger partial charge in [-0.2, -0.15) is 0 Å². The Morgan fingerprint density at radius 3 is 1.95 bits per heavy atom. The highest BCUT2D eigenvalue weighted by Crippen LogP contribution is 2.45. The molecule has 0 N–H and O–H groups in total. The number of esters is 1. The molecule has 0 unspecified atom stereocenters. The molecule has 4 heteroatoms. The zero-order valence-electron chi connectivity index (χ0n) is 28.6. The molecule has 0 saturated carbocycles. The molecule has 234 valence electrons. The molecule has 4 nitrogen and oxygen atoms in total.